The Bertz CT molecular complexity index is 247. The molecule has 0 radical (unpaired) electrons. The molecule has 0 aromatic rings. The maximum absolute atomic E-state index is 5.28. The van der Waals surface area contributed by atoms with E-state index in [1.165, 1.54) is 64.7 Å². The largest absolute Gasteiger partial charge is 0.384 e. The Morgan fingerprint density at radius 1 is 1.26 bits per heavy atom. The van der Waals surface area contributed by atoms with Crippen molar-refractivity contribution in [2.24, 2.45) is 11.8 Å². The van der Waals surface area contributed by atoms with Crippen LogP contribution in [0.4, 0.5) is 0 Å². The number of nitrogens with zero attached hydrogens (tertiary/aromatic N) is 1. The number of methoxy groups -OCH3 is 1. The van der Waals surface area contributed by atoms with Crippen LogP contribution in [0.15, 0.2) is 0 Å². The molecule has 2 aliphatic rings. The van der Waals surface area contributed by atoms with Gasteiger partial charge in [-0.05, 0) is 63.6 Å². The quantitative estimate of drug-likeness (QED) is 0.732. The van der Waals surface area contributed by atoms with E-state index >= 15 is 0 Å². The van der Waals surface area contributed by atoms with Crippen LogP contribution in [-0.2, 0) is 4.74 Å². The SMILES string of the molecule is CCCNC1CCCC1CCN1CCC(COC)C1. The van der Waals surface area contributed by atoms with Gasteiger partial charge in [0, 0.05) is 19.7 Å². The molecule has 2 fully saturated rings. The maximum atomic E-state index is 5.28. The van der Waals surface area contributed by atoms with Gasteiger partial charge >= 0.3 is 0 Å². The highest BCUT2D eigenvalue weighted by Gasteiger charge is 2.28. The molecular weight excluding hydrogens is 236 g/mol. The molecule has 0 amide bonds. The molecule has 3 nitrogen and oxygen atoms in total. The molecule has 3 heteroatoms. The van der Waals surface area contributed by atoms with E-state index in [-0.39, 0.29) is 0 Å². The molecule has 19 heavy (non-hydrogen) atoms. The molecule has 0 bridgehead atoms. The molecule has 1 aliphatic heterocycles. The van der Waals surface area contributed by atoms with Crippen molar-refractivity contribution in [2.45, 2.75) is 51.5 Å². The van der Waals surface area contributed by atoms with Crippen molar-refractivity contribution in [1.82, 2.24) is 10.2 Å². The minimum atomic E-state index is 0.780. The lowest BCUT2D eigenvalue weighted by atomic mass is 9.99. The van der Waals surface area contributed by atoms with E-state index < -0.39 is 0 Å². The maximum Gasteiger partial charge on any atom is 0.0503 e. The highest BCUT2D eigenvalue weighted by molar-refractivity contribution is 4.84. The summed E-state index contributed by atoms with van der Waals surface area (Å²) in [5, 5.41) is 3.75. The first-order valence-corrected chi connectivity index (χ1v) is 8.28. The fraction of sp³-hybridized carbons (Fsp3) is 1.00. The molecule has 0 aromatic heterocycles. The van der Waals surface area contributed by atoms with Gasteiger partial charge in [-0.15, -0.1) is 0 Å². The van der Waals surface area contributed by atoms with Crippen LogP contribution in [0.3, 0.4) is 0 Å². The summed E-state index contributed by atoms with van der Waals surface area (Å²) in [7, 11) is 1.82. The molecule has 3 atom stereocenters. The normalized spacial score (nSPS) is 32.2. The van der Waals surface area contributed by atoms with Crippen LogP contribution in [0.5, 0.6) is 0 Å². The predicted octanol–water partition coefficient (Wildman–Crippen LogP) is 2.51. The number of hydrogen-bond acceptors (Lipinski definition) is 3. The van der Waals surface area contributed by atoms with Crippen molar-refractivity contribution in [3.05, 3.63) is 0 Å². The van der Waals surface area contributed by atoms with Gasteiger partial charge in [0.15, 0.2) is 0 Å². The standard InChI is InChI=1S/C16H32N2O/c1-3-9-17-16-6-4-5-15(16)8-11-18-10-7-14(12-18)13-19-2/h14-17H,3-13H2,1-2H3. The van der Waals surface area contributed by atoms with E-state index in [2.05, 4.69) is 17.1 Å². The van der Waals surface area contributed by atoms with Crippen molar-refractivity contribution < 1.29 is 4.74 Å². The third-order valence-electron chi connectivity index (χ3n) is 4.90. The summed E-state index contributed by atoms with van der Waals surface area (Å²) >= 11 is 0. The highest BCUT2D eigenvalue weighted by Crippen LogP contribution is 2.29. The third kappa shape index (κ3) is 4.73. The van der Waals surface area contributed by atoms with Crippen molar-refractivity contribution in [3.8, 4) is 0 Å². The minimum absolute atomic E-state index is 0.780. The Morgan fingerprint density at radius 2 is 2.16 bits per heavy atom. The zero-order valence-corrected chi connectivity index (χ0v) is 12.9. The molecule has 112 valence electrons. The molecule has 1 saturated carbocycles. The van der Waals surface area contributed by atoms with Gasteiger partial charge in [-0.25, -0.2) is 0 Å². The van der Waals surface area contributed by atoms with E-state index in [1.807, 2.05) is 7.11 Å². The smallest absolute Gasteiger partial charge is 0.0503 e. The monoisotopic (exact) mass is 268 g/mol. The van der Waals surface area contributed by atoms with E-state index in [9.17, 15) is 0 Å². The zero-order chi connectivity index (χ0) is 13.5. The van der Waals surface area contributed by atoms with Crippen LogP contribution in [0.1, 0.15) is 45.4 Å². The van der Waals surface area contributed by atoms with Gasteiger partial charge < -0.3 is 15.0 Å². The van der Waals surface area contributed by atoms with Crippen molar-refractivity contribution >= 4 is 0 Å². The van der Waals surface area contributed by atoms with Crippen LogP contribution in [0.2, 0.25) is 0 Å². The number of nitrogens with one attached hydrogen (secondary N) is 1. The van der Waals surface area contributed by atoms with Crippen LogP contribution in [0, 0.1) is 11.8 Å². The van der Waals surface area contributed by atoms with Gasteiger partial charge in [-0.1, -0.05) is 13.3 Å². The first-order chi connectivity index (χ1) is 9.33. The van der Waals surface area contributed by atoms with Crippen molar-refractivity contribution in [2.75, 3.05) is 39.9 Å². The van der Waals surface area contributed by atoms with Crippen molar-refractivity contribution in [1.29, 1.82) is 0 Å². The van der Waals surface area contributed by atoms with E-state index in [4.69, 9.17) is 4.74 Å². The molecule has 0 spiro atoms. The molecule has 2 rings (SSSR count). The summed E-state index contributed by atoms with van der Waals surface area (Å²) in [5.74, 6) is 1.70. The second kappa shape index (κ2) is 8.23. The van der Waals surface area contributed by atoms with E-state index in [1.54, 1.807) is 0 Å². The lowest BCUT2D eigenvalue weighted by molar-refractivity contribution is 0.152. The van der Waals surface area contributed by atoms with E-state index in [0.29, 0.717) is 0 Å². The highest BCUT2D eigenvalue weighted by atomic mass is 16.5. The van der Waals surface area contributed by atoms with Crippen LogP contribution < -0.4 is 5.32 Å². The third-order valence-corrected chi connectivity index (χ3v) is 4.90. The second-order valence-corrected chi connectivity index (χ2v) is 6.45. The number of hydrogen-bond donors (Lipinski definition) is 1. The number of rotatable bonds is 8. The molecule has 1 heterocycles. The lowest BCUT2D eigenvalue weighted by Crippen LogP contribution is -2.35. The topological polar surface area (TPSA) is 24.5 Å². The Kier molecular flexibility index (Phi) is 6.62. The summed E-state index contributed by atoms with van der Waals surface area (Å²) in [4.78, 5) is 2.65. The summed E-state index contributed by atoms with van der Waals surface area (Å²) in [6, 6.07) is 0.803. The fourth-order valence-corrected chi connectivity index (χ4v) is 3.82. The minimum Gasteiger partial charge on any atom is -0.384 e. The number of ether oxygens (including phenoxy) is 1. The molecule has 3 unspecified atom stereocenters. The summed E-state index contributed by atoms with van der Waals surface area (Å²) in [6.07, 6.45) is 8.25. The summed E-state index contributed by atoms with van der Waals surface area (Å²) in [6.45, 7) is 8.25. The molecule has 0 aromatic carbocycles. The molecule has 1 saturated heterocycles. The molecule has 1 N–H and O–H groups in total. The average molecular weight is 268 g/mol. The predicted molar refractivity (Wildman–Crippen MR) is 80.5 cm³/mol. The Balaban J connectivity index is 1.64. The molecule has 1 aliphatic carbocycles. The number of likely N-dealkylation sites (tertiary alicyclic amines) is 1. The fourth-order valence-electron chi connectivity index (χ4n) is 3.82. The van der Waals surface area contributed by atoms with Gasteiger partial charge in [0.05, 0.1) is 6.61 Å². The van der Waals surface area contributed by atoms with Gasteiger partial charge in [0.1, 0.15) is 0 Å². The van der Waals surface area contributed by atoms with Crippen LogP contribution >= 0.6 is 0 Å². The van der Waals surface area contributed by atoms with Gasteiger partial charge in [0.25, 0.3) is 0 Å². The van der Waals surface area contributed by atoms with Crippen LogP contribution in [0.25, 0.3) is 0 Å². The Labute approximate surface area is 119 Å². The first kappa shape index (κ1) is 15.3. The van der Waals surface area contributed by atoms with Gasteiger partial charge in [0.2, 0.25) is 0 Å². The Morgan fingerprint density at radius 3 is 2.95 bits per heavy atom. The Hall–Kier alpha value is -0.120. The molecular formula is C16H32N2O. The summed E-state index contributed by atoms with van der Waals surface area (Å²) < 4.78 is 5.28. The lowest BCUT2D eigenvalue weighted by Gasteiger charge is -2.24. The summed E-state index contributed by atoms with van der Waals surface area (Å²) in [5.41, 5.74) is 0. The second-order valence-electron chi connectivity index (χ2n) is 6.45. The van der Waals surface area contributed by atoms with Gasteiger partial charge in [-0.3, -0.25) is 0 Å². The zero-order valence-electron chi connectivity index (χ0n) is 12.9. The van der Waals surface area contributed by atoms with Gasteiger partial charge in [-0.2, -0.15) is 0 Å². The first-order valence-electron chi connectivity index (χ1n) is 8.28. The average Bonchev–Trinajstić information content (AvgIpc) is 3.03. The van der Waals surface area contributed by atoms with Crippen molar-refractivity contribution in [3.63, 3.8) is 0 Å². The van der Waals surface area contributed by atoms with Crippen LogP contribution in [-0.4, -0.2) is 50.8 Å². The van der Waals surface area contributed by atoms with E-state index in [0.717, 1.165) is 24.5 Å².